The molecule has 0 saturated carbocycles. The molecule has 4 nitrogen and oxygen atoms in total. The number of hydrogen-bond acceptors (Lipinski definition) is 4. The van der Waals surface area contributed by atoms with Gasteiger partial charge in [0.1, 0.15) is 11.6 Å². The number of benzene rings is 1. The number of hydrazine groups is 1. The third-order valence-corrected chi connectivity index (χ3v) is 2.94. The van der Waals surface area contributed by atoms with Crippen LogP contribution in [-0.2, 0) is 0 Å². The molecule has 0 radical (unpaired) electrons. The summed E-state index contributed by atoms with van der Waals surface area (Å²) in [7, 11) is 1.50. The highest BCUT2D eigenvalue weighted by Gasteiger charge is 2.17. The first-order chi connectivity index (χ1) is 9.15. The van der Waals surface area contributed by atoms with E-state index < -0.39 is 6.04 Å². The second-order valence-corrected chi connectivity index (χ2v) is 4.22. The number of hydrogen-bond donors (Lipinski definition) is 2. The molecule has 2 rings (SSSR count). The predicted octanol–water partition coefficient (Wildman–Crippen LogP) is 2.09. The minimum Gasteiger partial charge on any atom is -0.497 e. The zero-order valence-corrected chi connectivity index (χ0v) is 10.9. The number of halogens is 1. The highest BCUT2D eigenvalue weighted by atomic mass is 19.1. The molecule has 0 fully saturated rings. The topological polar surface area (TPSA) is 60.2 Å². The van der Waals surface area contributed by atoms with Crippen molar-refractivity contribution in [1.29, 1.82) is 0 Å². The van der Waals surface area contributed by atoms with Crippen molar-refractivity contribution < 1.29 is 9.13 Å². The Labute approximate surface area is 111 Å². The van der Waals surface area contributed by atoms with Gasteiger partial charge in [-0.15, -0.1) is 0 Å². The van der Waals surface area contributed by atoms with Gasteiger partial charge in [-0.25, -0.2) is 9.82 Å². The number of methoxy groups -OCH3 is 1. The molecule has 5 heteroatoms. The summed E-state index contributed by atoms with van der Waals surface area (Å²) in [6, 6.07) is 7.96. The molecule has 1 aromatic carbocycles. The second kappa shape index (κ2) is 5.77. The van der Waals surface area contributed by atoms with Crippen molar-refractivity contribution in [2.75, 3.05) is 7.11 Å². The Morgan fingerprint density at radius 3 is 2.68 bits per heavy atom. The molecule has 0 aliphatic heterocycles. The van der Waals surface area contributed by atoms with Crippen LogP contribution in [0.5, 0.6) is 5.75 Å². The van der Waals surface area contributed by atoms with E-state index in [1.807, 2.05) is 13.0 Å². The van der Waals surface area contributed by atoms with Gasteiger partial charge in [0, 0.05) is 23.5 Å². The monoisotopic (exact) mass is 261 g/mol. The number of nitrogens with one attached hydrogen (secondary N) is 1. The highest BCUT2D eigenvalue weighted by molar-refractivity contribution is 5.36. The van der Waals surface area contributed by atoms with Crippen LogP contribution < -0.4 is 16.0 Å². The van der Waals surface area contributed by atoms with Gasteiger partial charge in [0.25, 0.3) is 0 Å². The molecule has 0 aliphatic carbocycles. The van der Waals surface area contributed by atoms with Gasteiger partial charge in [-0.3, -0.25) is 10.8 Å². The van der Waals surface area contributed by atoms with Gasteiger partial charge < -0.3 is 4.74 Å². The van der Waals surface area contributed by atoms with Crippen molar-refractivity contribution in [3.63, 3.8) is 0 Å². The number of nitrogens with two attached hydrogens (primary N) is 1. The highest BCUT2D eigenvalue weighted by Crippen LogP contribution is 2.26. The van der Waals surface area contributed by atoms with Crippen LogP contribution in [-0.4, -0.2) is 12.1 Å². The minimum atomic E-state index is -0.424. The maximum absolute atomic E-state index is 14.1. The summed E-state index contributed by atoms with van der Waals surface area (Å²) in [4.78, 5) is 4.12. The lowest BCUT2D eigenvalue weighted by atomic mass is 9.99. The maximum atomic E-state index is 14.1. The van der Waals surface area contributed by atoms with Gasteiger partial charge in [-0.2, -0.15) is 0 Å². The second-order valence-electron chi connectivity index (χ2n) is 4.22. The predicted molar refractivity (Wildman–Crippen MR) is 71.1 cm³/mol. The summed E-state index contributed by atoms with van der Waals surface area (Å²) < 4.78 is 19.1. The van der Waals surface area contributed by atoms with Crippen LogP contribution in [0, 0.1) is 12.7 Å². The summed E-state index contributed by atoms with van der Waals surface area (Å²) in [6.07, 6.45) is 1.68. The van der Waals surface area contributed by atoms with Gasteiger partial charge in [-0.1, -0.05) is 6.07 Å². The molecule has 1 aromatic heterocycles. The normalized spacial score (nSPS) is 12.2. The first-order valence-corrected chi connectivity index (χ1v) is 5.88. The Morgan fingerprint density at radius 1 is 1.32 bits per heavy atom. The fourth-order valence-corrected chi connectivity index (χ4v) is 1.98. The third-order valence-electron chi connectivity index (χ3n) is 2.94. The van der Waals surface area contributed by atoms with Crippen LogP contribution in [0.15, 0.2) is 36.5 Å². The number of aromatic nitrogens is 1. The van der Waals surface area contributed by atoms with Crippen LogP contribution in [0.3, 0.4) is 0 Å². The average Bonchev–Trinajstić information content (AvgIpc) is 2.41. The summed E-state index contributed by atoms with van der Waals surface area (Å²) in [5.74, 6) is 5.67. The Bertz CT molecular complexity index is 574. The van der Waals surface area contributed by atoms with E-state index in [-0.39, 0.29) is 5.82 Å². The van der Waals surface area contributed by atoms with Crippen molar-refractivity contribution in [1.82, 2.24) is 10.4 Å². The van der Waals surface area contributed by atoms with Crippen LogP contribution in [0.4, 0.5) is 4.39 Å². The van der Waals surface area contributed by atoms with Crippen molar-refractivity contribution in [2.45, 2.75) is 13.0 Å². The third kappa shape index (κ3) is 2.89. The number of rotatable bonds is 4. The fraction of sp³-hybridized carbons (Fsp3) is 0.214. The molecule has 0 spiro atoms. The van der Waals surface area contributed by atoms with Crippen molar-refractivity contribution >= 4 is 0 Å². The SMILES string of the molecule is COc1ccc(C(NN)c2ccnc(C)c2)c(F)c1. The molecule has 0 saturated heterocycles. The molecular weight excluding hydrogens is 245 g/mol. The van der Waals surface area contributed by atoms with E-state index in [9.17, 15) is 4.39 Å². The van der Waals surface area contributed by atoms with Crippen molar-refractivity contribution in [3.8, 4) is 5.75 Å². The zero-order valence-electron chi connectivity index (χ0n) is 10.9. The zero-order chi connectivity index (χ0) is 13.8. The van der Waals surface area contributed by atoms with E-state index in [0.29, 0.717) is 11.3 Å². The Balaban J connectivity index is 2.42. The van der Waals surface area contributed by atoms with E-state index >= 15 is 0 Å². The molecule has 1 heterocycles. The lowest BCUT2D eigenvalue weighted by molar-refractivity contribution is 0.410. The van der Waals surface area contributed by atoms with Crippen LogP contribution in [0.25, 0.3) is 0 Å². The van der Waals surface area contributed by atoms with E-state index in [1.165, 1.54) is 13.2 Å². The summed E-state index contributed by atoms with van der Waals surface area (Å²) in [6.45, 7) is 1.88. The lowest BCUT2D eigenvalue weighted by Crippen LogP contribution is -2.29. The number of aryl methyl sites for hydroxylation is 1. The molecule has 0 amide bonds. The molecule has 1 atom stereocenters. The van der Waals surface area contributed by atoms with Crippen LogP contribution in [0.1, 0.15) is 22.9 Å². The van der Waals surface area contributed by atoms with E-state index in [0.717, 1.165) is 11.3 Å². The number of ether oxygens (including phenoxy) is 1. The quantitative estimate of drug-likeness (QED) is 0.653. The molecule has 19 heavy (non-hydrogen) atoms. The van der Waals surface area contributed by atoms with Crippen LogP contribution in [0.2, 0.25) is 0 Å². The van der Waals surface area contributed by atoms with Crippen LogP contribution >= 0.6 is 0 Å². The molecule has 100 valence electrons. The van der Waals surface area contributed by atoms with Gasteiger partial charge in [0.05, 0.1) is 13.2 Å². The van der Waals surface area contributed by atoms with Gasteiger partial charge >= 0.3 is 0 Å². The minimum absolute atomic E-state index is 0.364. The molecule has 2 aromatic rings. The van der Waals surface area contributed by atoms with E-state index in [4.69, 9.17) is 10.6 Å². The van der Waals surface area contributed by atoms with Gasteiger partial charge in [0.2, 0.25) is 0 Å². The molecule has 1 unspecified atom stereocenters. The van der Waals surface area contributed by atoms with E-state index in [2.05, 4.69) is 10.4 Å². The fourth-order valence-electron chi connectivity index (χ4n) is 1.98. The van der Waals surface area contributed by atoms with Gasteiger partial charge in [0.15, 0.2) is 0 Å². The Hall–Kier alpha value is -1.98. The maximum Gasteiger partial charge on any atom is 0.132 e. The largest absolute Gasteiger partial charge is 0.497 e. The summed E-state index contributed by atoms with van der Waals surface area (Å²) >= 11 is 0. The molecule has 0 bridgehead atoms. The Kier molecular flexibility index (Phi) is 4.09. The molecular formula is C14H16FN3O. The van der Waals surface area contributed by atoms with Crippen molar-refractivity contribution in [2.24, 2.45) is 5.84 Å². The first kappa shape index (κ1) is 13.5. The average molecular weight is 261 g/mol. The summed E-state index contributed by atoms with van der Waals surface area (Å²) in [5, 5.41) is 0. The molecule has 0 aliphatic rings. The standard InChI is InChI=1S/C14H16FN3O/c1-9-7-10(5-6-17-9)14(18-16)12-4-3-11(19-2)8-13(12)15/h3-8,14,18H,16H2,1-2H3. The number of nitrogens with zero attached hydrogens (tertiary/aromatic N) is 1. The van der Waals surface area contributed by atoms with E-state index in [1.54, 1.807) is 24.4 Å². The Morgan fingerprint density at radius 2 is 2.11 bits per heavy atom. The van der Waals surface area contributed by atoms with Crippen molar-refractivity contribution in [3.05, 3.63) is 59.2 Å². The summed E-state index contributed by atoms with van der Waals surface area (Å²) in [5.41, 5.74) is 4.81. The molecule has 3 N–H and O–H groups in total. The number of pyridine rings is 1. The van der Waals surface area contributed by atoms with Gasteiger partial charge in [-0.05, 0) is 30.7 Å². The lowest BCUT2D eigenvalue weighted by Gasteiger charge is -2.18. The smallest absolute Gasteiger partial charge is 0.132 e. The first-order valence-electron chi connectivity index (χ1n) is 5.88.